The third-order valence-corrected chi connectivity index (χ3v) is 11.2. The number of benzene rings is 1. The Bertz CT molecular complexity index is 397. The minimum absolute atomic E-state index is 0.532. The van der Waals surface area contributed by atoms with Gasteiger partial charge >= 0.3 is 0 Å². The van der Waals surface area contributed by atoms with Gasteiger partial charge in [0.2, 0.25) is 0 Å². The first-order chi connectivity index (χ1) is 9.21. The molecule has 0 spiro atoms. The second-order valence-corrected chi connectivity index (χ2v) is 13.2. The minimum Gasteiger partial charge on any atom is -0.594 e. The Hall–Kier alpha value is -0.163. The standard InChI is InChI=1S/C15H25ClO2SSi/c1-11(2)20(12(3)4,13(5)6)18-14-7-9-15(10-8-14)19(16)17/h7-13H,1-6H3. The number of hydrogen-bond acceptors (Lipinski definition) is 2. The van der Waals surface area contributed by atoms with Crippen molar-refractivity contribution in [1.82, 2.24) is 0 Å². The summed E-state index contributed by atoms with van der Waals surface area (Å²) in [5.74, 6) is 0.860. The van der Waals surface area contributed by atoms with Crippen LogP contribution in [0.1, 0.15) is 41.5 Å². The van der Waals surface area contributed by atoms with Crippen molar-refractivity contribution in [2.45, 2.75) is 63.1 Å². The molecular weight excluding hydrogens is 308 g/mol. The van der Waals surface area contributed by atoms with Gasteiger partial charge in [-0.2, -0.15) is 0 Å². The zero-order valence-corrected chi connectivity index (χ0v) is 15.7. The fourth-order valence-corrected chi connectivity index (χ4v) is 9.08. The molecule has 1 unspecified atom stereocenters. The van der Waals surface area contributed by atoms with Crippen molar-refractivity contribution in [2.24, 2.45) is 0 Å². The van der Waals surface area contributed by atoms with E-state index in [-0.39, 0.29) is 0 Å². The molecular formula is C15H25ClO2SSi. The zero-order chi connectivity index (χ0) is 15.5. The molecule has 1 aromatic carbocycles. The lowest BCUT2D eigenvalue weighted by Gasteiger charge is -2.42. The predicted octanol–water partition coefficient (Wildman–Crippen LogP) is 5.50. The summed E-state index contributed by atoms with van der Waals surface area (Å²) in [7, 11) is 2.20. The summed E-state index contributed by atoms with van der Waals surface area (Å²) in [4.78, 5) is 0.616. The lowest BCUT2D eigenvalue weighted by molar-refractivity contribution is 0.479. The molecule has 2 nitrogen and oxygen atoms in total. The molecule has 20 heavy (non-hydrogen) atoms. The summed E-state index contributed by atoms with van der Waals surface area (Å²) in [5, 5.41) is 0. The second-order valence-electron chi connectivity index (χ2n) is 6.11. The number of rotatable bonds is 6. The van der Waals surface area contributed by atoms with E-state index in [1.807, 2.05) is 12.1 Å². The van der Waals surface area contributed by atoms with Gasteiger partial charge in [-0.1, -0.05) is 41.5 Å². The number of hydrogen-bond donors (Lipinski definition) is 0. The Morgan fingerprint density at radius 1 is 0.950 bits per heavy atom. The van der Waals surface area contributed by atoms with Crippen molar-refractivity contribution in [3.63, 3.8) is 0 Å². The fraction of sp³-hybridized carbons (Fsp3) is 0.600. The second kappa shape index (κ2) is 7.21. The topological polar surface area (TPSA) is 32.3 Å². The summed E-state index contributed by atoms with van der Waals surface area (Å²) in [6, 6.07) is 7.31. The van der Waals surface area contributed by atoms with Gasteiger partial charge in [-0.05, 0) is 40.9 Å². The molecule has 0 amide bonds. The maximum Gasteiger partial charge on any atom is 0.258 e. The molecule has 0 aliphatic heterocycles. The van der Waals surface area contributed by atoms with Crippen LogP contribution in [0.4, 0.5) is 0 Å². The monoisotopic (exact) mass is 332 g/mol. The largest absolute Gasteiger partial charge is 0.594 e. The highest BCUT2D eigenvalue weighted by Crippen LogP contribution is 2.42. The van der Waals surface area contributed by atoms with Gasteiger partial charge < -0.3 is 8.98 Å². The van der Waals surface area contributed by atoms with Crippen molar-refractivity contribution in [2.75, 3.05) is 0 Å². The van der Waals surface area contributed by atoms with E-state index in [4.69, 9.17) is 15.1 Å². The van der Waals surface area contributed by atoms with Gasteiger partial charge in [0, 0.05) is 0 Å². The Morgan fingerprint density at radius 3 is 1.65 bits per heavy atom. The molecule has 1 rings (SSSR count). The maximum absolute atomic E-state index is 11.2. The van der Waals surface area contributed by atoms with Crippen molar-refractivity contribution in [3.05, 3.63) is 24.3 Å². The van der Waals surface area contributed by atoms with E-state index in [0.29, 0.717) is 21.5 Å². The van der Waals surface area contributed by atoms with Crippen molar-refractivity contribution < 1.29 is 8.98 Å². The summed E-state index contributed by atoms with van der Waals surface area (Å²) in [6.07, 6.45) is 0. The van der Waals surface area contributed by atoms with Crippen molar-refractivity contribution >= 4 is 29.4 Å². The van der Waals surface area contributed by atoms with E-state index < -0.39 is 18.7 Å². The van der Waals surface area contributed by atoms with E-state index >= 15 is 0 Å². The van der Waals surface area contributed by atoms with E-state index in [1.54, 1.807) is 12.1 Å². The van der Waals surface area contributed by atoms with Gasteiger partial charge in [0.15, 0.2) is 15.6 Å². The van der Waals surface area contributed by atoms with Gasteiger partial charge in [-0.15, -0.1) is 0 Å². The van der Waals surface area contributed by atoms with E-state index in [1.165, 1.54) is 0 Å². The smallest absolute Gasteiger partial charge is 0.258 e. The fourth-order valence-electron chi connectivity index (χ4n) is 3.17. The molecule has 0 fully saturated rings. The van der Waals surface area contributed by atoms with Crippen LogP contribution in [-0.4, -0.2) is 12.9 Å². The minimum atomic E-state index is -1.92. The van der Waals surface area contributed by atoms with E-state index in [9.17, 15) is 4.55 Å². The Balaban J connectivity index is 3.07. The van der Waals surface area contributed by atoms with Crippen LogP contribution in [0.3, 0.4) is 0 Å². The lowest BCUT2D eigenvalue weighted by atomic mass is 10.3. The van der Waals surface area contributed by atoms with Crippen LogP contribution in [-0.2, 0) is 10.4 Å². The van der Waals surface area contributed by atoms with Crippen LogP contribution >= 0.6 is 10.7 Å². The van der Waals surface area contributed by atoms with Gasteiger partial charge in [-0.25, -0.2) is 0 Å². The molecule has 0 aliphatic rings. The molecule has 0 radical (unpaired) electrons. The zero-order valence-electron chi connectivity index (χ0n) is 13.1. The molecule has 0 N–H and O–H groups in total. The van der Waals surface area contributed by atoms with Crippen LogP contribution < -0.4 is 4.43 Å². The molecule has 1 atom stereocenters. The van der Waals surface area contributed by atoms with Crippen LogP contribution in [0.5, 0.6) is 5.75 Å². The third kappa shape index (κ3) is 3.73. The predicted molar refractivity (Wildman–Crippen MR) is 90.4 cm³/mol. The van der Waals surface area contributed by atoms with Crippen LogP contribution in [0.25, 0.3) is 0 Å². The first-order valence-electron chi connectivity index (χ1n) is 7.08. The SMILES string of the molecule is CC(C)[Si](Oc1ccc([S+]([O-])Cl)cc1)(C(C)C)C(C)C. The van der Waals surface area contributed by atoms with Crippen LogP contribution in [0.2, 0.25) is 16.6 Å². The first kappa shape index (κ1) is 17.9. The van der Waals surface area contributed by atoms with Gasteiger partial charge in [0.25, 0.3) is 8.32 Å². The Morgan fingerprint density at radius 2 is 1.35 bits per heavy atom. The molecule has 0 bridgehead atoms. The highest BCUT2D eigenvalue weighted by molar-refractivity contribution is 8.13. The summed E-state index contributed by atoms with van der Waals surface area (Å²) in [6.45, 7) is 13.6. The first-order valence-corrected chi connectivity index (χ1v) is 11.2. The third-order valence-electron chi connectivity index (χ3n) is 4.01. The molecule has 114 valence electrons. The highest BCUT2D eigenvalue weighted by atomic mass is 35.7. The molecule has 1 aromatic rings. The summed E-state index contributed by atoms with van der Waals surface area (Å²) >= 11 is 0. The summed E-state index contributed by atoms with van der Waals surface area (Å²) < 4.78 is 17.7. The van der Waals surface area contributed by atoms with Crippen LogP contribution in [0, 0.1) is 0 Å². The van der Waals surface area contributed by atoms with Gasteiger partial charge in [0.1, 0.15) is 16.1 Å². The lowest BCUT2D eigenvalue weighted by Crippen LogP contribution is -2.50. The molecule has 0 aliphatic carbocycles. The molecule has 0 saturated heterocycles. The molecule has 0 heterocycles. The van der Waals surface area contributed by atoms with Gasteiger partial charge in [-0.3, -0.25) is 0 Å². The maximum atomic E-state index is 11.2. The van der Waals surface area contributed by atoms with Crippen molar-refractivity contribution in [3.8, 4) is 5.75 Å². The Labute approximate surface area is 131 Å². The number of halogens is 1. The normalized spacial score (nSPS) is 14.2. The highest BCUT2D eigenvalue weighted by Gasteiger charge is 2.46. The molecule has 0 saturated carbocycles. The average Bonchev–Trinajstić information content (AvgIpc) is 2.35. The summed E-state index contributed by atoms with van der Waals surface area (Å²) in [5.41, 5.74) is 1.60. The van der Waals surface area contributed by atoms with Crippen LogP contribution in [0.15, 0.2) is 29.2 Å². The molecule has 0 aromatic heterocycles. The van der Waals surface area contributed by atoms with Gasteiger partial charge in [0.05, 0.1) is 0 Å². The Kier molecular flexibility index (Phi) is 6.45. The van der Waals surface area contributed by atoms with E-state index in [2.05, 4.69) is 41.5 Å². The molecule has 5 heteroatoms. The quantitative estimate of drug-likeness (QED) is 0.508. The average molecular weight is 333 g/mol. The van der Waals surface area contributed by atoms with E-state index in [0.717, 1.165) is 5.75 Å². The van der Waals surface area contributed by atoms with Crippen molar-refractivity contribution in [1.29, 1.82) is 0 Å².